The monoisotopic (exact) mass is 465 g/mol. The van der Waals surface area contributed by atoms with E-state index in [9.17, 15) is 5.26 Å². The quantitative estimate of drug-likeness (QED) is 0.444. The highest BCUT2D eigenvalue weighted by Gasteiger charge is 2.21. The number of rotatable bonds is 5. The van der Waals surface area contributed by atoms with Gasteiger partial charge in [-0.05, 0) is 37.6 Å². The van der Waals surface area contributed by atoms with Gasteiger partial charge in [0.25, 0.3) is 0 Å². The van der Waals surface area contributed by atoms with Gasteiger partial charge in [-0.25, -0.2) is 4.98 Å². The predicted molar refractivity (Wildman–Crippen MR) is 122 cm³/mol. The fourth-order valence-corrected chi connectivity index (χ4v) is 4.35. The van der Waals surface area contributed by atoms with Crippen molar-refractivity contribution in [2.45, 2.75) is 19.4 Å². The van der Waals surface area contributed by atoms with Crippen molar-refractivity contribution in [3.8, 4) is 23.1 Å². The van der Waals surface area contributed by atoms with Crippen molar-refractivity contribution < 1.29 is 4.74 Å². The molecule has 10 heteroatoms. The molecule has 3 aromatic heterocycles. The highest BCUT2D eigenvalue weighted by molar-refractivity contribution is 6.35. The summed E-state index contributed by atoms with van der Waals surface area (Å²) in [4.78, 5) is 6.64. The minimum Gasteiger partial charge on any atom is -0.486 e. The van der Waals surface area contributed by atoms with Crippen molar-refractivity contribution >= 4 is 39.9 Å². The zero-order chi connectivity index (χ0) is 22.2. The van der Waals surface area contributed by atoms with Gasteiger partial charge in [-0.3, -0.25) is 5.10 Å². The second-order valence-corrected chi connectivity index (χ2v) is 8.25. The molecule has 1 N–H and O–H groups in total. The molecule has 4 aromatic rings. The van der Waals surface area contributed by atoms with Crippen LogP contribution in [0.3, 0.4) is 0 Å². The molecular weight excluding hydrogens is 449 g/mol. The van der Waals surface area contributed by atoms with Crippen LogP contribution in [0.5, 0.6) is 5.75 Å². The Hall–Kier alpha value is -3.41. The summed E-state index contributed by atoms with van der Waals surface area (Å²) in [7, 11) is 0. The van der Waals surface area contributed by atoms with Crippen LogP contribution >= 0.6 is 23.2 Å². The molecule has 1 aliphatic rings. The molecular formula is C22H17Cl2N7O. The molecule has 32 heavy (non-hydrogen) atoms. The minimum atomic E-state index is -0.444. The smallest absolute Gasteiger partial charge is 0.160 e. The van der Waals surface area contributed by atoms with E-state index < -0.39 is 6.10 Å². The number of aromatic amines is 1. The Morgan fingerprint density at radius 3 is 2.78 bits per heavy atom. The van der Waals surface area contributed by atoms with Crippen LogP contribution in [0, 0.1) is 11.3 Å². The van der Waals surface area contributed by atoms with Gasteiger partial charge in [0.05, 0.1) is 27.9 Å². The lowest BCUT2D eigenvalue weighted by molar-refractivity contribution is 0.227. The maximum Gasteiger partial charge on any atom is 0.160 e. The zero-order valence-corrected chi connectivity index (χ0v) is 18.5. The van der Waals surface area contributed by atoms with E-state index in [0.717, 1.165) is 41.8 Å². The number of nitrogens with one attached hydrogen (secondary N) is 1. The summed E-state index contributed by atoms with van der Waals surface area (Å²) in [5, 5.41) is 26.1. The van der Waals surface area contributed by atoms with Gasteiger partial charge in [0.1, 0.15) is 29.4 Å². The van der Waals surface area contributed by atoms with Crippen molar-refractivity contribution in [2.75, 3.05) is 18.0 Å². The largest absolute Gasteiger partial charge is 0.486 e. The molecule has 0 saturated carbocycles. The minimum absolute atomic E-state index is 0.201. The lowest BCUT2D eigenvalue weighted by Gasteiger charge is -2.32. The van der Waals surface area contributed by atoms with E-state index in [4.69, 9.17) is 27.9 Å². The first-order chi connectivity index (χ1) is 15.5. The average molecular weight is 466 g/mol. The van der Waals surface area contributed by atoms with Crippen LogP contribution in [0.4, 0.5) is 5.82 Å². The number of ether oxygens (including phenoxy) is 1. The standard InChI is InChI=1S/C22H17Cl2N7O/c1-12(19-17(23)11-27-30-21(19)24)32-15-3-4-18-16(8-15)20(29-28-18)14-7-13(9-25)22(26-10-14)31-5-2-6-31/h3-4,7-8,10-12H,2,5-6H2,1H3,(H,28,29). The van der Waals surface area contributed by atoms with Gasteiger partial charge in [0.2, 0.25) is 0 Å². The van der Waals surface area contributed by atoms with Crippen molar-refractivity contribution in [2.24, 2.45) is 0 Å². The fourth-order valence-electron chi connectivity index (χ4n) is 3.71. The predicted octanol–water partition coefficient (Wildman–Crippen LogP) is 4.94. The molecule has 0 spiro atoms. The van der Waals surface area contributed by atoms with Crippen LogP contribution in [0.1, 0.15) is 30.6 Å². The number of nitrogens with zero attached hydrogens (tertiary/aromatic N) is 6. The number of H-pyrrole nitrogens is 1. The van der Waals surface area contributed by atoms with Gasteiger partial charge in [0, 0.05) is 30.2 Å². The first-order valence-corrected chi connectivity index (χ1v) is 10.8. The van der Waals surface area contributed by atoms with Crippen molar-refractivity contribution in [3.63, 3.8) is 0 Å². The highest BCUT2D eigenvalue weighted by Crippen LogP contribution is 2.35. The zero-order valence-electron chi connectivity index (χ0n) is 17.0. The lowest BCUT2D eigenvalue weighted by Crippen LogP contribution is -2.38. The number of fused-ring (bicyclic) bond motifs is 1. The molecule has 0 aliphatic carbocycles. The first kappa shape index (κ1) is 20.5. The van der Waals surface area contributed by atoms with Crippen molar-refractivity contribution in [1.82, 2.24) is 25.4 Å². The number of aromatic nitrogens is 5. The maximum atomic E-state index is 9.62. The molecule has 4 heterocycles. The van der Waals surface area contributed by atoms with Crippen LogP contribution in [-0.2, 0) is 0 Å². The Kier molecular flexibility index (Phi) is 5.29. The Balaban J connectivity index is 1.49. The SMILES string of the molecule is CC(Oc1ccc2[nH]nc(-c3cnc(N4CCC4)c(C#N)c3)c2c1)c1c(Cl)cnnc1Cl. The maximum absolute atomic E-state index is 9.62. The average Bonchev–Trinajstić information content (AvgIpc) is 3.16. The highest BCUT2D eigenvalue weighted by atomic mass is 35.5. The molecule has 1 aliphatic heterocycles. The normalized spacial score (nSPS) is 14.1. The summed E-state index contributed by atoms with van der Waals surface area (Å²) in [6.45, 7) is 3.69. The topological polar surface area (TPSA) is 104 Å². The van der Waals surface area contributed by atoms with Crippen LogP contribution in [0.25, 0.3) is 22.2 Å². The summed E-state index contributed by atoms with van der Waals surface area (Å²) in [5.41, 5.74) is 3.40. The molecule has 1 saturated heterocycles. The molecule has 1 aromatic carbocycles. The van der Waals surface area contributed by atoms with Gasteiger partial charge >= 0.3 is 0 Å². The summed E-state index contributed by atoms with van der Waals surface area (Å²) >= 11 is 12.4. The molecule has 8 nitrogen and oxygen atoms in total. The molecule has 1 atom stereocenters. The van der Waals surface area contributed by atoms with Gasteiger partial charge in [-0.15, -0.1) is 5.10 Å². The van der Waals surface area contributed by atoms with Gasteiger partial charge < -0.3 is 9.64 Å². The van der Waals surface area contributed by atoms with E-state index in [2.05, 4.69) is 36.3 Å². The van der Waals surface area contributed by atoms with E-state index >= 15 is 0 Å². The Morgan fingerprint density at radius 2 is 2.06 bits per heavy atom. The Morgan fingerprint density at radius 1 is 1.22 bits per heavy atom. The second kappa shape index (κ2) is 8.26. The number of anilines is 1. The first-order valence-electron chi connectivity index (χ1n) is 10.0. The van der Waals surface area contributed by atoms with E-state index in [0.29, 0.717) is 27.6 Å². The van der Waals surface area contributed by atoms with Crippen LogP contribution in [0.2, 0.25) is 10.2 Å². The van der Waals surface area contributed by atoms with Gasteiger partial charge in [-0.2, -0.15) is 15.5 Å². The van der Waals surface area contributed by atoms with Crippen molar-refractivity contribution in [1.29, 1.82) is 5.26 Å². The molecule has 160 valence electrons. The molecule has 5 rings (SSSR count). The number of hydrogen-bond donors (Lipinski definition) is 1. The summed E-state index contributed by atoms with van der Waals surface area (Å²) in [5.74, 6) is 1.34. The third kappa shape index (κ3) is 3.60. The lowest BCUT2D eigenvalue weighted by atomic mass is 10.1. The van der Waals surface area contributed by atoms with Gasteiger partial charge in [0.15, 0.2) is 5.15 Å². The van der Waals surface area contributed by atoms with E-state index in [1.165, 1.54) is 6.20 Å². The number of nitriles is 1. The van der Waals surface area contributed by atoms with Crippen LogP contribution in [0.15, 0.2) is 36.7 Å². The van der Waals surface area contributed by atoms with Crippen LogP contribution in [-0.4, -0.2) is 38.5 Å². The van der Waals surface area contributed by atoms with Gasteiger partial charge in [-0.1, -0.05) is 23.2 Å². The number of hydrogen-bond acceptors (Lipinski definition) is 7. The number of halogens is 2. The molecule has 0 amide bonds. The van der Waals surface area contributed by atoms with E-state index in [-0.39, 0.29) is 5.15 Å². The number of pyridine rings is 1. The Bertz CT molecular complexity index is 1340. The van der Waals surface area contributed by atoms with E-state index in [1.807, 2.05) is 31.2 Å². The molecule has 0 radical (unpaired) electrons. The summed E-state index contributed by atoms with van der Waals surface area (Å²) in [6, 6.07) is 9.69. The second-order valence-electron chi connectivity index (χ2n) is 7.48. The molecule has 0 bridgehead atoms. The van der Waals surface area contributed by atoms with Crippen molar-refractivity contribution in [3.05, 3.63) is 58.0 Å². The molecule has 1 unspecified atom stereocenters. The third-order valence-electron chi connectivity index (χ3n) is 5.47. The Labute approximate surface area is 193 Å². The summed E-state index contributed by atoms with van der Waals surface area (Å²) in [6.07, 6.45) is 3.86. The summed E-state index contributed by atoms with van der Waals surface area (Å²) < 4.78 is 6.10. The molecule has 1 fully saturated rings. The van der Waals surface area contributed by atoms with Crippen LogP contribution < -0.4 is 9.64 Å². The number of benzene rings is 1. The fraction of sp³-hybridized carbons (Fsp3) is 0.227. The third-order valence-corrected chi connectivity index (χ3v) is 6.05. The van der Waals surface area contributed by atoms with E-state index in [1.54, 1.807) is 6.20 Å².